The van der Waals surface area contributed by atoms with Crippen LogP contribution in [0.25, 0.3) is 0 Å². The van der Waals surface area contributed by atoms with Crippen LogP contribution in [0.1, 0.15) is 18.4 Å². The van der Waals surface area contributed by atoms with E-state index in [1.54, 1.807) is 18.2 Å². The van der Waals surface area contributed by atoms with Gasteiger partial charge in [-0.15, -0.1) is 0 Å². The van der Waals surface area contributed by atoms with Gasteiger partial charge in [-0.05, 0) is 24.1 Å². The lowest BCUT2D eigenvalue weighted by Gasteiger charge is -2.12. The molecule has 0 aromatic heterocycles. The number of carbonyl (C=O) groups is 2. The van der Waals surface area contributed by atoms with Crippen molar-refractivity contribution in [3.05, 3.63) is 60.2 Å². The van der Waals surface area contributed by atoms with Gasteiger partial charge < -0.3 is 19.9 Å². The number of amides is 1. The van der Waals surface area contributed by atoms with Gasteiger partial charge in [-0.2, -0.15) is 0 Å². The summed E-state index contributed by atoms with van der Waals surface area (Å²) in [4.78, 5) is 22.1. The summed E-state index contributed by atoms with van der Waals surface area (Å²) >= 11 is 0. The van der Waals surface area contributed by atoms with Crippen LogP contribution in [-0.4, -0.2) is 30.1 Å². The van der Waals surface area contributed by atoms with Crippen LogP contribution in [0.2, 0.25) is 0 Å². The van der Waals surface area contributed by atoms with Gasteiger partial charge in [-0.25, -0.2) is 0 Å². The van der Waals surface area contributed by atoms with E-state index < -0.39 is 5.97 Å². The summed E-state index contributed by atoms with van der Waals surface area (Å²) in [6, 6.07) is 16.9. The molecule has 2 N–H and O–H groups in total. The number of ether oxygens (including phenoxy) is 2. The van der Waals surface area contributed by atoms with Gasteiger partial charge in [0.25, 0.3) is 5.91 Å². The number of rotatable bonds is 10. The second-order valence-corrected chi connectivity index (χ2v) is 5.36. The number of aliphatic carboxylic acids is 1. The summed E-state index contributed by atoms with van der Waals surface area (Å²) in [5.41, 5.74) is 1.04. The number of carboxylic acids is 1. The van der Waals surface area contributed by atoms with Crippen LogP contribution >= 0.6 is 0 Å². The smallest absolute Gasteiger partial charge is 0.303 e. The van der Waals surface area contributed by atoms with Crippen molar-refractivity contribution in [3.63, 3.8) is 0 Å². The molecule has 0 radical (unpaired) electrons. The summed E-state index contributed by atoms with van der Waals surface area (Å²) in [5.74, 6) is -0.137. The fourth-order valence-electron chi connectivity index (χ4n) is 2.09. The van der Waals surface area contributed by atoms with Crippen molar-refractivity contribution in [3.8, 4) is 11.5 Å². The van der Waals surface area contributed by atoms with E-state index in [1.807, 2.05) is 36.4 Å². The Morgan fingerprint density at radius 2 is 1.56 bits per heavy atom. The van der Waals surface area contributed by atoms with E-state index in [0.717, 1.165) is 5.56 Å². The topological polar surface area (TPSA) is 84.9 Å². The number of carbonyl (C=O) groups excluding carboxylic acids is 1. The predicted octanol–water partition coefficient (Wildman–Crippen LogP) is 2.63. The zero-order valence-electron chi connectivity index (χ0n) is 13.8. The molecule has 0 fully saturated rings. The minimum Gasteiger partial charge on any atom is -0.485 e. The second-order valence-electron chi connectivity index (χ2n) is 5.36. The van der Waals surface area contributed by atoms with Crippen molar-refractivity contribution in [1.29, 1.82) is 0 Å². The van der Waals surface area contributed by atoms with Gasteiger partial charge >= 0.3 is 5.97 Å². The normalized spacial score (nSPS) is 10.1. The Hall–Kier alpha value is -3.02. The third-order valence-electron chi connectivity index (χ3n) is 3.33. The first kappa shape index (κ1) is 18.3. The highest BCUT2D eigenvalue weighted by atomic mass is 16.5. The van der Waals surface area contributed by atoms with E-state index >= 15 is 0 Å². The highest BCUT2D eigenvalue weighted by molar-refractivity contribution is 5.77. The molecule has 0 bridgehead atoms. The first-order valence-electron chi connectivity index (χ1n) is 8.02. The minimum atomic E-state index is -0.880. The van der Waals surface area contributed by atoms with Gasteiger partial charge in [0, 0.05) is 13.0 Å². The summed E-state index contributed by atoms with van der Waals surface area (Å²) in [6.07, 6.45) is 0.412. The fourth-order valence-corrected chi connectivity index (χ4v) is 2.09. The van der Waals surface area contributed by atoms with Crippen LogP contribution in [-0.2, 0) is 16.2 Å². The number of benzene rings is 2. The van der Waals surface area contributed by atoms with Gasteiger partial charge in [0.05, 0.1) is 0 Å². The molecular weight excluding hydrogens is 322 g/mol. The first-order chi connectivity index (χ1) is 12.1. The Morgan fingerprint density at radius 1 is 0.920 bits per heavy atom. The molecule has 6 nitrogen and oxygen atoms in total. The van der Waals surface area contributed by atoms with Gasteiger partial charge in [0.1, 0.15) is 6.61 Å². The number of carboxylic acid groups (broad SMARTS) is 1. The van der Waals surface area contributed by atoms with Gasteiger partial charge in [-0.3, -0.25) is 9.59 Å². The van der Waals surface area contributed by atoms with E-state index in [-0.39, 0.29) is 18.9 Å². The summed E-state index contributed by atoms with van der Waals surface area (Å²) in [5, 5.41) is 11.2. The molecule has 0 atom stereocenters. The maximum Gasteiger partial charge on any atom is 0.303 e. The average molecular weight is 343 g/mol. The molecule has 0 heterocycles. The van der Waals surface area contributed by atoms with Crippen molar-refractivity contribution in [1.82, 2.24) is 5.32 Å². The number of hydrogen-bond donors (Lipinski definition) is 2. The van der Waals surface area contributed by atoms with Crippen LogP contribution in [0.4, 0.5) is 0 Å². The Kier molecular flexibility index (Phi) is 7.31. The molecule has 25 heavy (non-hydrogen) atoms. The third-order valence-corrected chi connectivity index (χ3v) is 3.33. The van der Waals surface area contributed by atoms with Crippen molar-refractivity contribution >= 4 is 11.9 Å². The molecule has 2 rings (SSSR count). The Bertz CT molecular complexity index is 687. The van der Waals surface area contributed by atoms with Crippen LogP contribution in [0.15, 0.2) is 54.6 Å². The van der Waals surface area contributed by atoms with Gasteiger partial charge in [0.15, 0.2) is 18.1 Å². The maximum absolute atomic E-state index is 11.7. The second kappa shape index (κ2) is 9.97. The third kappa shape index (κ3) is 6.95. The lowest BCUT2D eigenvalue weighted by molar-refractivity contribution is -0.137. The molecule has 2 aromatic carbocycles. The SMILES string of the molecule is O=C(O)CCCNC(=O)COc1ccccc1OCc1ccccc1. The van der Waals surface area contributed by atoms with Crippen molar-refractivity contribution in [2.24, 2.45) is 0 Å². The lowest BCUT2D eigenvalue weighted by Crippen LogP contribution is -2.30. The quantitative estimate of drug-likeness (QED) is 0.648. The van der Waals surface area contributed by atoms with Crippen LogP contribution in [0.5, 0.6) is 11.5 Å². The number of hydrogen-bond acceptors (Lipinski definition) is 4. The van der Waals surface area contributed by atoms with Crippen LogP contribution < -0.4 is 14.8 Å². The Balaban J connectivity index is 1.79. The van der Waals surface area contributed by atoms with Gasteiger partial charge in [-0.1, -0.05) is 42.5 Å². The molecule has 0 saturated carbocycles. The Morgan fingerprint density at radius 3 is 2.24 bits per heavy atom. The van der Waals surface area contributed by atoms with Crippen LogP contribution in [0.3, 0.4) is 0 Å². The predicted molar refractivity (Wildman–Crippen MR) is 92.6 cm³/mol. The summed E-state index contributed by atoms with van der Waals surface area (Å²) < 4.78 is 11.3. The molecule has 0 aliphatic heterocycles. The number of para-hydroxylation sites is 2. The molecule has 0 aliphatic carbocycles. The molecule has 6 heteroatoms. The highest BCUT2D eigenvalue weighted by Crippen LogP contribution is 2.27. The van der Waals surface area contributed by atoms with Crippen LogP contribution in [0, 0.1) is 0 Å². The first-order valence-corrected chi connectivity index (χ1v) is 8.02. The van der Waals surface area contributed by atoms with E-state index in [0.29, 0.717) is 31.1 Å². The maximum atomic E-state index is 11.7. The number of nitrogens with one attached hydrogen (secondary N) is 1. The molecule has 0 aliphatic rings. The van der Waals surface area contributed by atoms with E-state index in [9.17, 15) is 9.59 Å². The molecule has 2 aromatic rings. The van der Waals surface area contributed by atoms with Crippen molar-refractivity contribution in [2.75, 3.05) is 13.2 Å². The largest absolute Gasteiger partial charge is 0.485 e. The zero-order chi connectivity index (χ0) is 17.9. The van der Waals surface area contributed by atoms with Crippen molar-refractivity contribution in [2.45, 2.75) is 19.4 Å². The zero-order valence-corrected chi connectivity index (χ0v) is 13.8. The standard InChI is InChI=1S/C19H21NO5/c21-18(20-12-6-11-19(22)23)14-25-17-10-5-4-9-16(17)24-13-15-7-2-1-3-8-15/h1-5,7-10H,6,11-14H2,(H,20,21)(H,22,23). The summed E-state index contributed by atoms with van der Waals surface area (Å²) in [7, 11) is 0. The Labute approximate surface area is 146 Å². The molecule has 1 amide bonds. The average Bonchev–Trinajstić information content (AvgIpc) is 2.63. The molecule has 0 saturated heterocycles. The fraction of sp³-hybridized carbons (Fsp3) is 0.263. The molecule has 132 valence electrons. The van der Waals surface area contributed by atoms with E-state index in [1.165, 1.54) is 0 Å². The van der Waals surface area contributed by atoms with E-state index in [2.05, 4.69) is 5.32 Å². The molecule has 0 unspecified atom stereocenters. The monoisotopic (exact) mass is 343 g/mol. The highest BCUT2D eigenvalue weighted by Gasteiger charge is 2.08. The minimum absolute atomic E-state index is 0.0251. The van der Waals surface area contributed by atoms with E-state index in [4.69, 9.17) is 14.6 Å². The lowest BCUT2D eigenvalue weighted by atomic mass is 10.2. The molecular formula is C19H21NO5. The van der Waals surface area contributed by atoms with Gasteiger partial charge in [0.2, 0.25) is 0 Å². The molecule has 0 spiro atoms. The van der Waals surface area contributed by atoms with Crippen molar-refractivity contribution < 1.29 is 24.2 Å². The summed E-state index contributed by atoms with van der Waals surface area (Å²) in [6.45, 7) is 0.558.